The number of aryl methyl sites for hydroxylation is 1. The highest BCUT2D eigenvalue weighted by Crippen LogP contribution is 2.37. The molecule has 1 heterocycles. The number of benzene rings is 3. The van der Waals surface area contributed by atoms with E-state index in [2.05, 4.69) is 43.4 Å². The van der Waals surface area contributed by atoms with Crippen molar-refractivity contribution >= 4 is 34.6 Å². The van der Waals surface area contributed by atoms with Gasteiger partial charge in [-0.25, -0.2) is 0 Å². The number of anilines is 3. The van der Waals surface area contributed by atoms with Crippen molar-refractivity contribution in [2.24, 2.45) is 0 Å². The molecule has 1 N–H and O–H groups in total. The highest BCUT2D eigenvalue weighted by molar-refractivity contribution is 6.35. The molecule has 1 aliphatic rings. The van der Waals surface area contributed by atoms with E-state index in [1.807, 2.05) is 59.5 Å². The largest absolute Gasteiger partial charge is 0.355 e. The number of halogens is 1. The smallest absolute Gasteiger partial charge is 0.259 e. The van der Waals surface area contributed by atoms with Crippen LogP contribution in [0.5, 0.6) is 0 Å². The zero-order valence-electron chi connectivity index (χ0n) is 18.2. The van der Waals surface area contributed by atoms with Gasteiger partial charge in [-0.2, -0.15) is 0 Å². The van der Waals surface area contributed by atoms with E-state index >= 15 is 0 Å². The van der Waals surface area contributed by atoms with Crippen LogP contribution in [-0.2, 0) is 0 Å². The molecular weight excluding hydrogens is 406 g/mol. The number of nitrogens with zero attached hydrogens (tertiary/aromatic N) is 2. The molecule has 1 aliphatic heterocycles. The van der Waals surface area contributed by atoms with Gasteiger partial charge in [-0.1, -0.05) is 48.0 Å². The molecule has 160 valence electrons. The first-order chi connectivity index (χ1) is 15.0. The third kappa shape index (κ3) is 4.46. The topological polar surface area (TPSA) is 35.6 Å². The highest BCUT2D eigenvalue weighted by atomic mass is 35.5. The Kier molecular flexibility index (Phi) is 6.30. The lowest BCUT2D eigenvalue weighted by atomic mass is 10.0. The van der Waals surface area contributed by atoms with Gasteiger partial charge in [0.2, 0.25) is 0 Å². The van der Waals surface area contributed by atoms with Crippen LogP contribution in [-0.4, -0.2) is 31.4 Å². The van der Waals surface area contributed by atoms with Crippen molar-refractivity contribution in [2.45, 2.75) is 25.8 Å². The summed E-state index contributed by atoms with van der Waals surface area (Å²) < 4.78 is 0. The standard InChI is InChI=1S/C26H28ClN3O/c1-18-9-4-6-11-23(18)28-19-14-15-20(22(27)17-19)26(31)30-16-8-13-24(29(2)3)21-10-5-7-12-25(21)30/h4-7,9-12,14-15,17,24,28H,8,13,16H2,1-3H3. The fraction of sp³-hybridized carbons (Fsp3) is 0.269. The summed E-state index contributed by atoms with van der Waals surface area (Å²) in [4.78, 5) is 17.7. The normalized spacial score (nSPS) is 16.0. The van der Waals surface area contributed by atoms with Crippen molar-refractivity contribution < 1.29 is 4.79 Å². The van der Waals surface area contributed by atoms with E-state index in [1.54, 1.807) is 0 Å². The number of amides is 1. The minimum absolute atomic E-state index is 0.0562. The number of carbonyl (C=O) groups is 1. The molecular formula is C26H28ClN3O. The molecule has 0 radical (unpaired) electrons. The number of rotatable bonds is 4. The third-order valence-corrected chi connectivity index (χ3v) is 6.25. The molecule has 1 amide bonds. The average Bonchev–Trinajstić information content (AvgIpc) is 2.95. The minimum Gasteiger partial charge on any atom is -0.355 e. The molecule has 0 bridgehead atoms. The number of hydrogen-bond donors (Lipinski definition) is 1. The summed E-state index contributed by atoms with van der Waals surface area (Å²) in [6, 6.07) is 22.1. The Hall–Kier alpha value is -2.82. The summed E-state index contributed by atoms with van der Waals surface area (Å²) >= 11 is 6.60. The molecule has 0 aromatic heterocycles. The quantitative estimate of drug-likeness (QED) is 0.514. The lowest BCUT2D eigenvalue weighted by molar-refractivity contribution is 0.0987. The van der Waals surface area contributed by atoms with Gasteiger partial charge in [-0.15, -0.1) is 0 Å². The first-order valence-electron chi connectivity index (χ1n) is 10.6. The SMILES string of the molecule is Cc1ccccc1Nc1ccc(C(=O)N2CCCC(N(C)C)c3ccccc32)c(Cl)c1. The Morgan fingerprint density at radius 1 is 1.06 bits per heavy atom. The number of hydrogen-bond acceptors (Lipinski definition) is 3. The second kappa shape index (κ2) is 9.13. The molecule has 0 saturated carbocycles. The van der Waals surface area contributed by atoms with E-state index < -0.39 is 0 Å². The third-order valence-electron chi connectivity index (χ3n) is 5.94. The monoisotopic (exact) mass is 433 g/mol. The van der Waals surface area contributed by atoms with Gasteiger partial charge < -0.3 is 15.1 Å². The summed E-state index contributed by atoms with van der Waals surface area (Å²) in [7, 11) is 4.19. The van der Waals surface area contributed by atoms with Crippen LogP contribution in [0.2, 0.25) is 5.02 Å². The first kappa shape index (κ1) is 21.4. The molecule has 31 heavy (non-hydrogen) atoms. The van der Waals surface area contributed by atoms with Crippen molar-refractivity contribution in [3.63, 3.8) is 0 Å². The van der Waals surface area contributed by atoms with E-state index in [4.69, 9.17) is 11.6 Å². The average molecular weight is 434 g/mol. The van der Waals surface area contributed by atoms with Crippen molar-refractivity contribution in [3.05, 3.63) is 88.4 Å². The molecule has 0 spiro atoms. The summed E-state index contributed by atoms with van der Waals surface area (Å²) in [6.07, 6.45) is 1.95. The lowest BCUT2D eigenvalue weighted by Crippen LogP contribution is -2.32. The molecule has 3 aromatic carbocycles. The van der Waals surface area contributed by atoms with Gasteiger partial charge in [-0.3, -0.25) is 4.79 Å². The molecule has 3 aromatic rings. The molecule has 1 atom stereocenters. The van der Waals surface area contributed by atoms with E-state index in [0.717, 1.165) is 35.5 Å². The summed E-state index contributed by atoms with van der Waals surface area (Å²) in [5, 5.41) is 3.84. The Morgan fingerprint density at radius 2 is 1.81 bits per heavy atom. The van der Waals surface area contributed by atoms with Crippen LogP contribution >= 0.6 is 11.6 Å². The van der Waals surface area contributed by atoms with Gasteiger partial charge in [0.05, 0.1) is 10.6 Å². The highest BCUT2D eigenvalue weighted by Gasteiger charge is 2.28. The van der Waals surface area contributed by atoms with Crippen molar-refractivity contribution in [3.8, 4) is 0 Å². The van der Waals surface area contributed by atoms with Crippen LogP contribution in [0.25, 0.3) is 0 Å². The molecule has 0 saturated heterocycles. The molecule has 0 aliphatic carbocycles. The Morgan fingerprint density at radius 3 is 2.55 bits per heavy atom. The minimum atomic E-state index is -0.0562. The van der Waals surface area contributed by atoms with E-state index in [0.29, 0.717) is 23.2 Å². The zero-order chi connectivity index (χ0) is 22.0. The van der Waals surface area contributed by atoms with Crippen LogP contribution in [0, 0.1) is 6.92 Å². The maximum absolute atomic E-state index is 13.5. The Labute approximate surface area is 189 Å². The second-order valence-electron chi connectivity index (χ2n) is 8.27. The van der Waals surface area contributed by atoms with E-state index in [1.165, 1.54) is 5.56 Å². The van der Waals surface area contributed by atoms with Crippen molar-refractivity contribution in [2.75, 3.05) is 30.9 Å². The van der Waals surface area contributed by atoms with Crippen LogP contribution in [0.1, 0.15) is 40.4 Å². The molecule has 4 rings (SSSR count). The Bertz CT molecular complexity index is 1100. The predicted octanol–water partition coefficient (Wildman–Crippen LogP) is 6.44. The first-order valence-corrected chi connectivity index (χ1v) is 11.0. The Balaban J connectivity index is 1.63. The van der Waals surface area contributed by atoms with Crippen molar-refractivity contribution in [1.82, 2.24) is 4.90 Å². The van der Waals surface area contributed by atoms with Gasteiger partial charge in [0.15, 0.2) is 0 Å². The summed E-state index contributed by atoms with van der Waals surface area (Å²) in [5.41, 5.74) is 5.72. The molecule has 0 fully saturated rings. The zero-order valence-corrected chi connectivity index (χ0v) is 19.0. The lowest BCUT2D eigenvalue weighted by Gasteiger charge is -2.27. The second-order valence-corrected chi connectivity index (χ2v) is 8.68. The fourth-order valence-corrected chi connectivity index (χ4v) is 4.52. The molecule has 5 heteroatoms. The maximum atomic E-state index is 13.5. The van der Waals surface area contributed by atoms with Crippen LogP contribution < -0.4 is 10.2 Å². The maximum Gasteiger partial charge on any atom is 0.259 e. The molecule has 4 nitrogen and oxygen atoms in total. The van der Waals surface area contributed by atoms with Gasteiger partial charge in [0.25, 0.3) is 5.91 Å². The molecule has 1 unspecified atom stereocenters. The predicted molar refractivity (Wildman–Crippen MR) is 130 cm³/mol. The van der Waals surface area contributed by atoms with Gasteiger partial charge in [-0.05, 0) is 75.3 Å². The number of carbonyl (C=O) groups excluding carboxylic acids is 1. The number of nitrogens with one attached hydrogen (secondary N) is 1. The van der Waals surface area contributed by atoms with Gasteiger partial charge in [0.1, 0.15) is 0 Å². The van der Waals surface area contributed by atoms with Crippen molar-refractivity contribution in [1.29, 1.82) is 0 Å². The van der Waals surface area contributed by atoms with Crippen LogP contribution in [0.3, 0.4) is 0 Å². The van der Waals surface area contributed by atoms with Gasteiger partial charge in [0, 0.05) is 29.6 Å². The van der Waals surface area contributed by atoms with Gasteiger partial charge >= 0.3 is 0 Å². The van der Waals surface area contributed by atoms with E-state index in [9.17, 15) is 4.79 Å². The fourth-order valence-electron chi connectivity index (χ4n) is 4.26. The number of fused-ring (bicyclic) bond motifs is 1. The summed E-state index contributed by atoms with van der Waals surface area (Å²) in [6.45, 7) is 2.74. The van der Waals surface area contributed by atoms with Crippen LogP contribution in [0.15, 0.2) is 66.7 Å². The number of para-hydroxylation sites is 2. The van der Waals surface area contributed by atoms with E-state index in [-0.39, 0.29) is 5.91 Å². The van der Waals surface area contributed by atoms with Crippen LogP contribution in [0.4, 0.5) is 17.1 Å². The summed E-state index contributed by atoms with van der Waals surface area (Å²) in [5.74, 6) is -0.0562.